The largest absolute Gasteiger partial charge is 0.213 e. The molecule has 12 heteroatoms. The fourth-order valence-electron chi connectivity index (χ4n) is 5.31. The van der Waals surface area contributed by atoms with Crippen LogP contribution >= 0.6 is 45.3 Å². The Kier molecular flexibility index (Phi) is 4.41. The van der Waals surface area contributed by atoms with E-state index in [1.165, 1.54) is 24.3 Å². The summed E-state index contributed by atoms with van der Waals surface area (Å²) in [6.07, 6.45) is 0. The molecule has 188 valence electrons. The number of thiophene rings is 4. The second-order valence-electron chi connectivity index (χ2n) is 8.72. The first-order chi connectivity index (χ1) is 18.2. The Bertz CT molecular complexity index is 2060. The van der Waals surface area contributed by atoms with Crippen molar-refractivity contribution in [2.24, 2.45) is 0 Å². The van der Waals surface area contributed by atoms with E-state index in [1.807, 2.05) is 0 Å². The van der Waals surface area contributed by atoms with Crippen molar-refractivity contribution in [2.75, 3.05) is 0 Å². The average Bonchev–Trinajstić information content (AvgIpc) is 3.56. The van der Waals surface area contributed by atoms with Crippen LogP contribution in [0.15, 0.2) is 24.3 Å². The Hall–Kier alpha value is -3.06. The summed E-state index contributed by atoms with van der Waals surface area (Å²) in [7, 11) is 0. The van der Waals surface area contributed by atoms with Gasteiger partial charge in [0.1, 0.15) is 0 Å². The zero-order valence-electron chi connectivity index (χ0n) is 18.0. The molecule has 38 heavy (non-hydrogen) atoms. The van der Waals surface area contributed by atoms with E-state index in [0.717, 1.165) is 0 Å². The van der Waals surface area contributed by atoms with Crippen molar-refractivity contribution in [1.82, 2.24) is 0 Å². The fourth-order valence-corrected chi connectivity index (χ4v) is 9.28. The molecule has 0 unspecified atom stereocenters. The van der Waals surface area contributed by atoms with Gasteiger partial charge in [0.25, 0.3) is 0 Å². The van der Waals surface area contributed by atoms with E-state index in [2.05, 4.69) is 0 Å². The Morgan fingerprint density at radius 2 is 0.553 bits per heavy atom. The molecule has 0 aliphatic carbocycles. The van der Waals surface area contributed by atoms with Gasteiger partial charge in [0.05, 0.1) is 18.8 Å². The van der Waals surface area contributed by atoms with Crippen molar-refractivity contribution >= 4 is 118 Å². The topological polar surface area (TPSA) is 0 Å². The van der Waals surface area contributed by atoms with Gasteiger partial charge in [-0.1, -0.05) is 0 Å². The zero-order valence-corrected chi connectivity index (χ0v) is 21.2. The van der Waals surface area contributed by atoms with Gasteiger partial charge in [-0.2, -0.15) is 17.6 Å². The number of benzene rings is 4. The molecule has 0 aliphatic heterocycles. The third-order valence-corrected chi connectivity index (χ3v) is 11.0. The summed E-state index contributed by atoms with van der Waals surface area (Å²) in [5.41, 5.74) is 0. The number of rotatable bonds is 0. The first kappa shape index (κ1) is 22.9. The molecule has 8 rings (SSSR count). The van der Waals surface area contributed by atoms with Gasteiger partial charge in [-0.3, -0.25) is 0 Å². The van der Waals surface area contributed by atoms with E-state index in [9.17, 15) is 35.1 Å². The molecular formula is C26H4F8S4. The minimum atomic E-state index is -1.17. The van der Waals surface area contributed by atoms with Crippen molar-refractivity contribution in [3.8, 4) is 0 Å². The predicted octanol–water partition coefficient (Wildman–Crippen LogP) is 11.1. The molecule has 0 nitrogen and oxygen atoms in total. The molecule has 0 saturated carbocycles. The van der Waals surface area contributed by atoms with E-state index < -0.39 is 43.8 Å². The van der Waals surface area contributed by atoms with E-state index in [-0.39, 0.29) is 61.9 Å². The highest BCUT2D eigenvalue weighted by atomic mass is 32.1. The molecule has 0 aliphatic rings. The lowest BCUT2D eigenvalue weighted by molar-refractivity contribution is 0.538. The summed E-state index contributed by atoms with van der Waals surface area (Å²) in [5, 5.41) is -4.13. The normalized spacial score (nSPS) is 12.7. The van der Waals surface area contributed by atoms with Crippen LogP contribution in [-0.2, 0) is 0 Å². The summed E-state index contributed by atoms with van der Waals surface area (Å²) < 4.78 is 117. The van der Waals surface area contributed by atoms with E-state index in [0.29, 0.717) is 56.1 Å². The van der Waals surface area contributed by atoms with Gasteiger partial charge in [0.15, 0.2) is 23.3 Å². The van der Waals surface area contributed by atoms with Crippen LogP contribution in [-0.4, -0.2) is 0 Å². The van der Waals surface area contributed by atoms with Crippen LogP contribution in [0.1, 0.15) is 0 Å². The van der Waals surface area contributed by atoms with Gasteiger partial charge in [0, 0.05) is 21.5 Å². The van der Waals surface area contributed by atoms with Crippen molar-refractivity contribution < 1.29 is 35.1 Å². The van der Waals surface area contributed by atoms with Crippen LogP contribution in [0.4, 0.5) is 35.1 Å². The Labute approximate surface area is 220 Å². The highest BCUT2D eigenvalue weighted by molar-refractivity contribution is 7.27. The lowest BCUT2D eigenvalue weighted by atomic mass is 9.94. The molecule has 0 spiro atoms. The van der Waals surface area contributed by atoms with E-state index >= 15 is 0 Å². The smallest absolute Gasteiger partial charge is 0.202 e. The molecule has 0 N–H and O–H groups in total. The molecule has 8 aromatic rings. The summed E-state index contributed by atoms with van der Waals surface area (Å²) in [6.45, 7) is 0. The number of halogens is 8. The maximum atomic E-state index is 14.9. The van der Waals surface area contributed by atoms with E-state index in [1.54, 1.807) is 0 Å². The van der Waals surface area contributed by atoms with Gasteiger partial charge in [-0.25, -0.2) is 17.6 Å². The number of fused-ring (bicyclic) bond motifs is 13. The standard InChI is InChI=1S/C26H4F8S4/c27-15-11-7-1-5-2-9-10(14-18(30)26(34)38-22(14)21-13(9)17(29)25(33)37-21)4-6(5)3-8(7)12-16(28)24(32)36-20(12)19(11)35-23(15)31/h1-4H. The quantitative estimate of drug-likeness (QED) is 0.121. The van der Waals surface area contributed by atoms with Gasteiger partial charge in [-0.15, -0.1) is 45.3 Å². The van der Waals surface area contributed by atoms with Crippen LogP contribution in [0.5, 0.6) is 0 Å². The van der Waals surface area contributed by atoms with Gasteiger partial charge in [-0.05, 0) is 56.6 Å². The van der Waals surface area contributed by atoms with Crippen molar-refractivity contribution in [2.45, 2.75) is 0 Å². The van der Waals surface area contributed by atoms with Crippen LogP contribution in [0.25, 0.3) is 72.7 Å². The predicted molar refractivity (Wildman–Crippen MR) is 140 cm³/mol. The Balaban J connectivity index is 1.66. The van der Waals surface area contributed by atoms with Crippen molar-refractivity contribution in [1.29, 1.82) is 0 Å². The number of hydrogen-bond acceptors (Lipinski definition) is 4. The van der Waals surface area contributed by atoms with Crippen molar-refractivity contribution in [3.05, 3.63) is 68.1 Å². The lowest BCUT2D eigenvalue weighted by Gasteiger charge is -2.10. The minimum Gasteiger partial charge on any atom is -0.202 e. The molecule has 0 atom stereocenters. The van der Waals surface area contributed by atoms with Gasteiger partial charge in [0.2, 0.25) is 20.5 Å². The molecule has 0 saturated heterocycles. The monoisotopic (exact) mass is 596 g/mol. The second kappa shape index (κ2) is 7.32. The van der Waals surface area contributed by atoms with Crippen LogP contribution < -0.4 is 0 Å². The molecule has 0 fully saturated rings. The summed E-state index contributed by atoms with van der Waals surface area (Å²) >= 11 is 1.74. The van der Waals surface area contributed by atoms with Crippen LogP contribution in [0.3, 0.4) is 0 Å². The molecule has 4 heterocycles. The maximum Gasteiger partial charge on any atom is 0.213 e. The van der Waals surface area contributed by atoms with E-state index in [4.69, 9.17) is 0 Å². The minimum absolute atomic E-state index is 0.0429. The molecule has 4 aromatic carbocycles. The van der Waals surface area contributed by atoms with Crippen LogP contribution in [0, 0.1) is 43.8 Å². The molecular weight excluding hydrogens is 593 g/mol. The SMILES string of the molecule is Fc1sc2c3sc(F)c(F)c3c3cc4cc5c(cc4cc3c2c1F)c1c(F)c(F)sc1c1sc(F)c(F)c51. The highest BCUT2D eigenvalue weighted by Crippen LogP contribution is 2.49. The number of hydrogen-bond donors (Lipinski definition) is 0. The summed E-state index contributed by atoms with van der Waals surface area (Å²) in [4.78, 5) is 0. The molecule has 0 amide bonds. The molecule has 0 bridgehead atoms. The first-order valence-electron chi connectivity index (χ1n) is 10.7. The summed E-state index contributed by atoms with van der Waals surface area (Å²) in [5.74, 6) is -4.68. The van der Waals surface area contributed by atoms with Gasteiger partial charge >= 0.3 is 0 Å². The average molecular weight is 597 g/mol. The maximum absolute atomic E-state index is 14.9. The second-order valence-corrected chi connectivity index (χ2v) is 12.6. The highest BCUT2D eigenvalue weighted by Gasteiger charge is 2.27. The fraction of sp³-hybridized carbons (Fsp3) is 0. The molecule has 0 radical (unpaired) electrons. The Morgan fingerprint density at radius 3 is 0.763 bits per heavy atom. The molecule has 4 aromatic heterocycles. The van der Waals surface area contributed by atoms with Crippen molar-refractivity contribution in [3.63, 3.8) is 0 Å². The first-order valence-corrected chi connectivity index (χ1v) is 14.0. The van der Waals surface area contributed by atoms with Gasteiger partial charge < -0.3 is 0 Å². The van der Waals surface area contributed by atoms with Crippen LogP contribution in [0.2, 0.25) is 0 Å². The summed E-state index contributed by atoms with van der Waals surface area (Å²) in [6, 6.07) is 5.71. The third kappa shape index (κ3) is 2.63. The zero-order chi connectivity index (χ0) is 26.4. The lowest BCUT2D eigenvalue weighted by Crippen LogP contribution is -1.86. The third-order valence-electron chi connectivity index (χ3n) is 6.85. The Morgan fingerprint density at radius 1 is 0.342 bits per heavy atom.